The third-order valence-electron chi connectivity index (χ3n) is 4.58. The van der Waals surface area contributed by atoms with Gasteiger partial charge in [-0.15, -0.1) is 0 Å². The molecule has 8 heteroatoms. The van der Waals surface area contributed by atoms with Crippen LogP contribution < -0.4 is 5.32 Å². The van der Waals surface area contributed by atoms with Crippen LogP contribution in [0.5, 0.6) is 0 Å². The Bertz CT molecular complexity index is 982. The van der Waals surface area contributed by atoms with Crippen molar-refractivity contribution in [2.24, 2.45) is 0 Å². The third-order valence-corrected chi connectivity index (χ3v) is 4.86. The Labute approximate surface area is 151 Å². The molecule has 1 N–H and O–H groups in total. The molecule has 3 aromatic rings. The number of halogens is 5. The van der Waals surface area contributed by atoms with Gasteiger partial charge in [-0.2, -0.15) is 13.2 Å². The number of benzene rings is 1. The molecule has 3 nitrogen and oxygen atoms in total. The Morgan fingerprint density at radius 2 is 1.77 bits per heavy atom. The predicted octanol–water partition coefficient (Wildman–Crippen LogP) is 5.76. The summed E-state index contributed by atoms with van der Waals surface area (Å²) in [5.74, 6) is 0.306. The molecular formula is C18H12ClF4N3. The molecule has 0 saturated heterocycles. The van der Waals surface area contributed by atoms with Crippen LogP contribution in [0.25, 0.3) is 10.9 Å². The number of hydrogen-bond donors (Lipinski definition) is 1. The van der Waals surface area contributed by atoms with Gasteiger partial charge in [-0.3, -0.25) is 0 Å². The molecule has 0 bridgehead atoms. The maximum Gasteiger partial charge on any atom is 0.398 e. The highest BCUT2D eigenvalue weighted by atomic mass is 35.5. The van der Waals surface area contributed by atoms with E-state index in [4.69, 9.17) is 11.6 Å². The molecule has 1 aromatic carbocycles. The van der Waals surface area contributed by atoms with E-state index in [1.54, 1.807) is 12.1 Å². The molecule has 2 aromatic heterocycles. The number of anilines is 2. The van der Waals surface area contributed by atoms with E-state index in [1.165, 1.54) is 30.5 Å². The lowest BCUT2D eigenvalue weighted by Crippen LogP contribution is -2.28. The van der Waals surface area contributed by atoms with Crippen molar-refractivity contribution >= 4 is 34.1 Å². The van der Waals surface area contributed by atoms with Crippen LogP contribution >= 0.6 is 11.6 Å². The minimum atomic E-state index is -4.27. The molecule has 0 unspecified atom stereocenters. The van der Waals surface area contributed by atoms with E-state index >= 15 is 0 Å². The van der Waals surface area contributed by atoms with Crippen LogP contribution in [0.4, 0.5) is 29.2 Å². The van der Waals surface area contributed by atoms with E-state index in [-0.39, 0.29) is 23.4 Å². The Hall–Kier alpha value is -2.41. The maximum atomic E-state index is 13.4. The smallest absolute Gasteiger partial charge is 0.325 e. The molecule has 26 heavy (non-hydrogen) atoms. The predicted molar refractivity (Wildman–Crippen MR) is 91.2 cm³/mol. The lowest BCUT2D eigenvalue weighted by atomic mass is 9.97. The summed E-state index contributed by atoms with van der Waals surface area (Å²) in [4.78, 5) is 8.37. The number of nitrogens with one attached hydrogen (secondary N) is 1. The van der Waals surface area contributed by atoms with E-state index in [0.29, 0.717) is 22.5 Å². The maximum absolute atomic E-state index is 13.4. The first-order valence-corrected chi connectivity index (χ1v) is 8.22. The van der Waals surface area contributed by atoms with Crippen molar-refractivity contribution in [2.75, 3.05) is 5.32 Å². The number of nitrogens with zero attached hydrogens (tertiary/aromatic N) is 2. The van der Waals surface area contributed by atoms with Gasteiger partial charge < -0.3 is 5.32 Å². The van der Waals surface area contributed by atoms with Crippen molar-refractivity contribution in [3.8, 4) is 0 Å². The van der Waals surface area contributed by atoms with Gasteiger partial charge in [0.1, 0.15) is 17.5 Å². The minimum Gasteiger partial charge on any atom is -0.325 e. The minimum absolute atomic E-state index is 0.0895. The Kier molecular flexibility index (Phi) is 3.80. The SMILES string of the molecule is Fc1cc(Cl)c2nc(Nc3ccc(C4(C(F)(F)F)CC4)cn3)ccc2c1. The second-order valence-electron chi connectivity index (χ2n) is 6.29. The van der Waals surface area contributed by atoms with Crippen LogP contribution in [0.2, 0.25) is 5.02 Å². The van der Waals surface area contributed by atoms with Crippen molar-refractivity contribution in [3.63, 3.8) is 0 Å². The standard InChI is InChI=1S/C18H12ClF4N3/c19-13-8-12(20)7-10-1-3-15(26-16(10)13)25-14-4-2-11(9-24-14)17(5-6-17)18(21,22)23/h1-4,7-9H,5-6H2,(H,24,25,26). The molecule has 0 spiro atoms. The largest absolute Gasteiger partial charge is 0.398 e. The fraction of sp³-hybridized carbons (Fsp3) is 0.222. The molecule has 0 radical (unpaired) electrons. The fourth-order valence-corrected chi connectivity index (χ4v) is 3.23. The first-order valence-electron chi connectivity index (χ1n) is 7.85. The van der Waals surface area contributed by atoms with Crippen molar-refractivity contribution in [1.82, 2.24) is 9.97 Å². The van der Waals surface area contributed by atoms with E-state index in [0.717, 1.165) is 0 Å². The lowest BCUT2D eigenvalue weighted by molar-refractivity contribution is -0.160. The molecule has 4 rings (SSSR count). The van der Waals surface area contributed by atoms with Crippen LogP contribution in [0.15, 0.2) is 42.6 Å². The molecule has 2 heterocycles. The summed E-state index contributed by atoms with van der Waals surface area (Å²) in [5.41, 5.74) is -1.17. The number of rotatable bonds is 3. The second-order valence-corrected chi connectivity index (χ2v) is 6.70. The van der Waals surface area contributed by atoms with Gasteiger partial charge >= 0.3 is 6.18 Å². The number of alkyl halides is 3. The monoisotopic (exact) mass is 381 g/mol. The second kappa shape index (κ2) is 5.81. The van der Waals surface area contributed by atoms with Crippen LogP contribution in [0, 0.1) is 5.82 Å². The van der Waals surface area contributed by atoms with Gasteiger partial charge in [0, 0.05) is 11.6 Å². The topological polar surface area (TPSA) is 37.8 Å². The molecule has 0 aliphatic heterocycles. The van der Waals surface area contributed by atoms with E-state index in [9.17, 15) is 17.6 Å². The lowest BCUT2D eigenvalue weighted by Gasteiger charge is -2.19. The van der Waals surface area contributed by atoms with Gasteiger partial charge in [0.2, 0.25) is 0 Å². The quantitative estimate of drug-likeness (QED) is 0.586. The van der Waals surface area contributed by atoms with Crippen molar-refractivity contribution in [3.05, 3.63) is 59.0 Å². The third kappa shape index (κ3) is 2.86. The average Bonchev–Trinajstić information content (AvgIpc) is 3.38. The van der Waals surface area contributed by atoms with Gasteiger partial charge in [-0.05, 0) is 48.7 Å². The van der Waals surface area contributed by atoms with Crippen molar-refractivity contribution in [1.29, 1.82) is 0 Å². The van der Waals surface area contributed by atoms with Gasteiger partial charge in [0.25, 0.3) is 0 Å². The number of aromatic nitrogens is 2. The van der Waals surface area contributed by atoms with Gasteiger partial charge in [-0.25, -0.2) is 14.4 Å². The summed E-state index contributed by atoms with van der Waals surface area (Å²) in [5, 5.41) is 3.64. The summed E-state index contributed by atoms with van der Waals surface area (Å²) in [6.07, 6.45) is -2.85. The average molecular weight is 382 g/mol. The van der Waals surface area contributed by atoms with Crippen molar-refractivity contribution < 1.29 is 17.6 Å². The molecule has 0 atom stereocenters. The summed E-state index contributed by atoms with van der Waals surface area (Å²) in [6.45, 7) is 0. The number of hydrogen-bond acceptors (Lipinski definition) is 3. The van der Waals surface area contributed by atoms with Gasteiger partial charge in [0.05, 0.1) is 16.0 Å². The summed E-state index contributed by atoms with van der Waals surface area (Å²) >= 11 is 6.01. The molecule has 134 valence electrons. The molecular weight excluding hydrogens is 370 g/mol. The molecule has 1 aliphatic rings. The van der Waals surface area contributed by atoms with Crippen LogP contribution in [-0.4, -0.2) is 16.1 Å². The number of fused-ring (bicyclic) bond motifs is 1. The van der Waals surface area contributed by atoms with E-state index < -0.39 is 17.4 Å². The Morgan fingerprint density at radius 3 is 2.38 bits per heavy atom. The van der Waals surface area contributed by atoms with Crippen LogP contribution in [0.3, 0.4) is 0 Å². The zero-order chi connectivity index (χ0) is 18.5. The highest BCUT2D eigenvalue weighted by Gasteiger charge is 2.64. The highest BCUT2D eigenvalue weighted by Crippen LogP contribution is 2.58. The molecule has 1 saturated carbocycles. The zero-order valence-electron chi connectivity index (χ0n) is 13.2. The number of pyridine rings is 2. The van der Waals surface area contributed by atoms with Gasteiger partial charge in [-0.1, -0.05) is 17.7 Å². The fourth-order valence-electron chi connectivity index (χ4n) is 2.97. The van der Waals surface area contributed by atoms with Crippen LogP contribution in [-0.2, 0) is 5.41 Å². The first kappa shape index (κ1) is 17.0. The zero-order valence-corrected chi connectivity index (χ0v) is 14.0. The summed E-state index contributed by atoms with van der Waals surface area (Å²) in [6, 6.07) is 8.67. The normalized spacial score (nSPS) is 15.9. The van der Waals surface area contributed by atoms with Crippen molar-refractivity contribution in [2.45, 2.75) is 24.4 Å². The Balaban J connectivity index is 1.59. The first-order chi connectivity index (χ1) is 12.3. The van der Waals surface area contributed by atoms with E-state index in [2.05, 4.69) is 15.3 Å². The molecule has 1 aliphatic carbocycles. The summed E-state index contributed by atoms with van der Waals surface area (Å²) < 4.78 is 52.8. The van der Waals surface area contributed by atoms with E-state index in [1.807, 2.05) is 0 Å². The highest BCUT2D eigenvalue weighted by molar-refractivity contribution is 6.35. The summed E-state index contributed by atoms with van der Waals surface area (Å²) in [7, 11) is 0. The molecule has 1 fully saturated rings. The Morgan fingerprint density at radius 1 is 1.04 bits per heavy atom. The van der Waals surface area contributed by atoms with Crippen LogP contribution in [0.1, 0.15) is 18.4 Å². The molecule has 0 amide bonds. The van der Waals surface area contributed by atoms with Gasteiger partial charge in [0.15, 0.2) is 0 Å².